The normalized spacial score (nSPS) is 11.0. The van der Waals surface area contributed by atoms with E-state index in [1.807, 2.05) is 62.7 Å². The highest BCUT2D eigenvalue weighted by molar-refractivity contribution is 5.67. The van der Waals surface area contributed by atoms with Crippen molar-refractivity contribution >= 4 is 11.5 Å². The van der Waals surface area contributed by atoms with Crippen LogP contribution in [0.1, 0.15) is 5.69 Å². The van der Waals surface area contributed by atoms with E-state index < -0.39 is 0 Å². The Balaban J connectivity index is 2.15. The van der Waals surface area contributed by atoms with Crippen LogP contribution in [0.5, 0.6) is 0 Å². The third-order valence-corrected chi connectivity index (χ3v) is 3.43. The molecule has 0 saturated carbocycles. The van der Waals surface area contributed by atoms with Gasteiger partial charge in [-0.3, -0.25) is 4.40 Å². The molecule has 21 heavy (non-hydrogen) atoms. The Labute approximate surface area is 124 Å². The highest BCUT2D eigenvalue weighted by atomic mass is 15.1. The maximum absolute atomic E-state index is 4.70. The molecule has 0 fully saturated rings. The van der Waals surface area contributed by atoms with Gasteiger partial charge in [0.05, 0.1) is 11.4 Å². The van der Waals surface area contributed by atoms with Crippen LogP contribution in [-0.2, 0) is 6.54 Å². The molecule has 0 spiro atoms. The molecule has 0 aromatic carbocycles. The van der Waals surface area contributed by atoms with Gasteiger partial charge in [-0.2, -0.15) is 0 Å². The molecule has 3 aromatic rings. The first kappa shape index (κ1) is 13.6. The number of aromatic nitrogens is 3. The number of imidazole rings is 1. The summed E-state index contributed by atoms with van der Waals surface area (Å²) in [6, 6.07) is 10.2. The largest absolute Gasteiger partial charge is 0.363 e. The highest BCUT2D eigenvalue weighted by Gasteiger charge is 2.13. The van der Waals surface area contributed by atoms with Gasteiger partial charge >= 0.3 is 0 Å². The van der Waals surface area contributed by atoms with Crippen LogP contribution in [0.3, 0.4) is 0 Å². The smallest absolute Gasteiger partial charge is 0.137 e. The summed E-state index contributed by atoms with van der Waals surface area (Å²) in [6.07, 6.45) is 3.95. The van der Waals surface area contributed by atoms with E-state index in [1.165, 1.54) is 0 Å². The van der Waals surface area contributed by atoms with Gasteiger partial charge in [-0.15, -0.1) is 0 Å². The van der Waals surface area contributed by atoms with Crippen LogP contribution < -0.4 is 10.2 Å². The molecule has 0 bridgehead atoms. The zero-order chi connectivity index (χ0) is 14.8. The standard InChI is InChI=1S/C16H19N5/c1-17-11-13-16(21-9-5-4-6-15(21)19-13)12-7-8-14(18-10-12)20(2)3/h4-10,17H,11H2,1-3H3. The van der Waals surface area contributed by atoms with Crippen LogP contribution in [0.25, 0.3) is 16.9 Å². The first-order valence-electron chi connectivity index (χ1n) is 6.95. The summed E-state index contributed by atoms with van der Waals surface area (Å²) in [4.78, 5) is 11.2. The molecule has 5 heteroatoms. The molecule has 0 unspecified atom stereocenters. The van der Waals surface area contributed by atoms with E-state index in [0.29, 0.717) is 0 Å². The Kier molecular flexibility index (Phi) is 3.58. The van der Waals surface area contributed by atoms with Gasteiger partial charge in [0.15, 0.2) is 0 Å². The van der Waals surface area contributed by atoms with E-state index in [2.05, 4.69) is 20.8 Å². The number of rotatable bonds is 4. The maximum atomic E-state index is 4.70. The minimum absolute atomic E-state index is 0.729. The SMILES string of the molecule is CNCc1nc2ccccn2c1-c1ccc(N(C)C)nc1. The quantitative estimate of drug-likeness (QED) is 0.796. The summed E-state index contributed by atoms with van der Waals surface area (Å²) in [6.45, 7) is 0.729. The van der Waals surface area contributed by atoms with Gasteiger partial charge in [-0.05, 0) is 31.3 Å². The number of hydrogen-bond donors (Lipinski definition) is 1. The van der Waals surface area contributed by atoms with E-state index in [-0.39, 0.29) is 0 Å². The fraction of sp³-hybridized carbons (Fsp3) is 0.250. The van der Waals surface area contributed by atoms with E-state index >= 15 is 0 Å². The molecule has 1 N–H and O–H groups in total. The summed E-state index contributed by atoms with van der Waals surface area (Å²) in [7, 11) is 5.91. The van der Waals surface area contributed by atoms with Crippen molar-refractivity contribution in [1.29, 1.82) is 0 Å². The van der Waals surface area contributed by atoms with Gasteiger partial charge < -0.3 is 10.2 Å². The monoisotopic (exact) mass is 281 g/mol. The lowest BCUT2D eigenvalue weighted by Crippen LogP contribution is -2.10. The predicted molar refractivity (Wildman–Crippen MR) is 85.5 cm³/mol. The minimum atomic E-state index is 0.729. The molecule has 0 aliphatic heterocycles. The Morgan fingerprint density at radius 2 is 2.05 bits per heavy atom. The van der Waals surface area contributed by atoms with Crippen molar-refractivity contribution in [3.63, 3.8) is 0 Å². The molecule has 0 aliphatic carbocycles. The van der Waals surface area contributed by atoms with Crippen LogP contribution in [0, 0.1) is 0 Å². The number of nitrogens with zero attached hydrogens (tertiary/aromatic N) is 4. The second kappa shape index (κ2) is 5.54. The maximum Gasteiger partial charge on any atom is 0.137 e. The van der Waals surface area contributed by atoms with Gasteiger partial charge in [0.2, 0.25) is 0 Å². The van der Waals surface area contributed by atoms with Gasteiger partial charge in [0.1, 0.15) is 11.5 Å². The van der Waals surface area contributed by atoms with Crippen LogP contribution in [0.2, 0.25) is 0 Å². The van der Waals surface area contributed by atoms with E-state index in [4.69, 9.17) is 4.98 Å². The van der Waals surface area contributed by atoms with Gasteiger partial charge in [-0.1, -0.05) is 6.07 Å². The zero-order valence-electron chi connectivity index (χ0n) is 12.5. The fourth-order valence-corrected chi connectivity index (χ4v) is 2.43. The molecule has 0 atom stereocenters. The van der Waals surface area contributed by atoms with E-state index in [9.17, 15) is 0 Å². The summed E-state index contributed by atoms with van der Waals surface area (Å²) < 4.78 is 2.11. The van der Waals surface area contributed by atoms with Crippen LogP contribution in [0.4, 0.5) is 5.82 Å². The van der Waals surface area contributed by atoms with Crippen molar-refractivity contribution in [3.8, 4) is 11.3 Å². The molecule has 0 aliphatic rings. The molecular weight excluding hydrogens is 262 g/mol. The number of nitrogens with one attached hydrogen (secondary N) is 1. The first-order chi connectivity index (χ1) is 10.2. The van der Waals surface area contributed by atoms with Crippen molar-refractivity contribution in [3.05, 3.63) is 48.4 Å². The second-order valence-electron chi connectivity index (χ2n) is 5.17. The van der Waals surface area contributed by atoms with Crippen molar-refractivity contribution < 1.29 is 0 Å². The lowest BCUT2D eigenvalue weighted by molar-refractivity contribution is 0.800. The van der Waals surface area contributed by atoms with Crippen molar-refractivity contribution in [2.45, 2.75) is 6.54 Å². The summed E-state index contributed by atoms with van der Waals surface area (Å²) in [5.41, 5.74) is 4.15. The second-order valence-corrected chi connectivity index (χ2v) is 5.17. The van der Waals surface area contributed by atoms with Crippen LogP contribution in [-0.4, -0.2) is 35.5 Å². The molecule has 3 rings (SSSR count). The Hall–Kier alpha value is -2.40. The summed E-state index contributed by atoms with van der Waals surface area (Å²) in [5, 5.41) is 3.18. The average Bonchev–Trinajstić information content (AvgIpc) is 2.85. The van der Waals surface area contributed by atoms with Crippen LogP contribution in [0.15, 0.2) is 42.7 Å². The number of anilines is 1. The first-order valence-corrected chi connectivity index (χ1v) is 6.95. The summed E-state index contributed by atoms with van der Waals surface area (Å²) >= 11 is 0. The number of hydrogen-bond acceptors (Lipinski definition) is 4. The Morgan fingerprint density at radius 1 is 1.19 bits per heavy atom. The van der Waals surface area contributed by atoms with Gasteiger partial charge in [0, 0.05) is 38.6 Å². The third-order valence-electron chi connectivity index (χ3n) is 3.43. The Morgan fingerprint density at radius 3 is 2.71 bits per heavy atom. The molecule has 5 nitrogen and oxygen atoms in total. The van der Waals surface area contributed by atoms with Crippen LogP contribution >= 0.6 is 0 Å². The molecule has 3 heterocycles. The van der Waals surface area contributed by atoms with Crippen molar-refractivity contribution in [2.24, 2.45) is 0 Å². The number of pyridine rings is 2. The van der Waals surface area contributed by atoms with E-state index in [1.54, 1.807) is 0 Å². The minimum Gasteiger partial charge on any atom is -0.363 e. The summed E-state index contributed by atoms with van der Waals surface area (Å²) in [5.74, 6) is 0.947. The van der Waals surface area contributed by atoms with Crippen molar-refractivity contribution in [1.82, 2.24) is 19.7 Å². The zero-order valence-corrected chi connectivity index (χ0v) is 12.5. The lowest BCUT2D eigenvalue weighted by Gasteiger charge is -2.11. The highest BCUT2D eigenvalue weighted by Crippen LogP contribution is 2.25. The molecule has 0 radical (unpaired) electrons. The molecular formula is C16H19N5. The van der Waals surface area contributed by atoms with Gasteiger partial charge in [0.25, 0.3) is 0 Å². The lowest BCUT2D eigenvalue weighted by atomic mass is 10.1. The fourth-order valence-electron chi connectivity index (χ4n) is 2.43. The Bertz CT molecular complexity index is 743. The molecule has 108 valence electrons. The van der Waals surface area contributed by atoms with E-state index in [0.717, 1.165) is 35.0 Å². The molecule has 0 saturated heterocycles. The average molecular weight is 281 g/mol. The molecule has 0 amide bonds. The van der Waals surface area contributed by atoms with Gasteiger partial charge in [-0.25, -0.2) is 9.97 Å². The molecule has 3 aromatic heterocycles. The number of fused-ring (bicyclic) bond motifs is 1. The third kappa shape index (κ3) is 2.48. The topological polar surface area (TPSA) is 45.5 Å². The van der Waals surface area contributed by atoms with Crippen molar-refractivity contribution in [2.75, 3.05) is 26.0 Å². The predicted octanol–water partition coefficient (Wildman–Crippen LogP) is 2.18.